The number of carbonyl (C=O) groups is 1. The normalized spacial score (nSPS) is 16.8. The van der Waals surface area contributed by atoms with Crippen molar-refractivity contribution in [3.05, 3.63) is 54.1 Å². The molecule has 0 N–H and O–H groups in total. The monoisotopic (exact) mass is 377 g/mol. The molecule has 28 heavy (non-hydrogen) atoms. The fourth-order valence-electron chi connectivity index (χ4n) is 3.62. The molecule has 0 radical (unpaired) electrons. The molecule has 1 fully saturated rings. The second-order valence-electron chi connectivity index (χ2n) is 7.04. The van der Waals surface area contributed by atoms with Crippen molar-refractivity contribution < 1.29 is 14.1 Å². The van der Waals surface area contributed by atoms with E-state index in [1.807, 2.05) is 53.4 Å². The first-order valence-corrected chi connectivity index (χ1v) is 9.56. The van der Waals surface area contributed by atoms with Gasteiger partial charge in [0, 0.05) is 18.2 Å². The minimum atomic E-state index is 0.0175. The number of benzene rings is 2. The van der Waals surface area contributed by atoms with Gasteiger partial charge in [-0.3, -0.25) is 4.79 Å². The summed E-state index contributed by atoms with van der Waals surface area (Å²) in [4.78, 5) is 19.7. The van der Waals surface area contributed by atoms with Crippen LogP contribution in [0.15, 0.2) is 53.1 Å². The van der Waals surface area contributed by atoms with Crippen LogP contribution < -0.4 is 4.74 Å². The molecule has 1 amide bonds. The van der Waals surface area contributed by atoms with Crippen LogP contribution in [-0.2, 0) is 0 Å². The average molecular weight is 377 g/mol. The molecular weight excluding hydrogens is 354 g/mol. The minimum absolute atomic E-state index is 0.0175. The Hall–Kier alpha value is -3.15. The van der Waals surface area contributed by atoms with Gasteiger partial charge >= 0.3 is 0 Å². The van der Waals surface area contributed by atoms with Crippen LogP contribution in [0.2, 0.25) is 0 Å². The lowest BCUT2D eigenvalue weighted by Gasteiger charge is -2.33. The minimum Gasteiger partial charge on any atom is -0.497 e. The zero-order valence-corrected chi connectivity index (χ0v) is 16.1. The van der Waals surface area contributed by atoms with Crippen LogP contribution in [0.5, 0.6) is 5.75 Å². The zero-order chi connectivity index (χ0) is 19.5. The molecule has 1 aliphatic heterocycles. The first-order chi connectivity index (χ1) is 13.7. The lowest BCUT2D eigenvalue weighted by atomic mass is 10.00. The van der Waals surface area contributed by atoms with Crippen molar-refractivity contribution in [3.8, 4) is 28.6 Å². The van der Waals surface area contributed by atoms with E-state index in [0.29, 0.717) is 22.8 Å². The predicted octanol–water partition coefficient (Wildman–Crippen LogP) is 4.43. The Morgan fingerprint density at radius 1 is 1.18 bits per heavy atom. The Balaban J connectivity index is 1.67. The van der Waals surface area contributed by atoms with E-state index in [4.69, 9.17) is 9.26 Å². The smallest absolute Gasteiger partial charge is 0.259 e. The van der Waals surface area contributed by atoms with Crippen LogP contribution in [0.25, 0.3) is 22.8 Å². The van der Waals surface area contributed by atoms with Crippen molar-refractivity contribution in [2.75, 3.05) is 13.7 Å². The Morgan fingerprint density at radius 2 is 2.04 bits per heavy atom. The van der Waals surface area contributed by atoms with Gasteiger partial charge in [-0.2, -0.15) is 4.98 Å². The van der Waals surface area contributed by atoms with E-state index in [1.54, 1.807) is 7.11 Å². The van der Waals surface area contributed by atoms with Gasteiger partial charge in [-0.25, -0.2) is 0 Å². The molecule has 0 bridgehead atoms. The maximum Gasteiger partial charge on any atom is 0.259 e. The van der Waals surface area contributed by atoms with Crippen LogP contribution in [0.4, 0.5) is 0 Å². The molecule has 0 aliphatic carbocycles. The third-order valence-corrected chi connectivity index (χ3v) is 5.21. The van der Waals surface area contributed by atoms with Gasteiger partial charge in [-0.05, 0) is 50.5 Å². The molecule has 1 atom stereocenters. The molecule has 0 saturated carbocycles. The molecular formula is C22H23N3O3. The number of amides is 1. The highest BCUT2D eigenvalue weighted by atomic mass is 16.5. The lowest BCUT2D eigenvalue weighted by molar-refractivity contribution is 0.0636. The first kappa shape index (κ1) is 18.2. The van der Waals surface area contributed by atoms with Crippen LogP contribution >= 0.6 is 0 Å². The molecule has 2 heterocycles. The fourth-order valence-corrected chi connectivity index (χ4v) is 3.62. The summed E-state index contributed by atoms with van der Waals surface area (Å²) in [6.45, 7) is 2.89. The van der Waals surface area contributed by atoms with E-state index in [1.165, 1.54) is 6.42 Å². The van der Waals surface area contributed by atoms with Crippen LogP contribution in [0, 0.1) is 0 Å². The van der Waals surface area contributed by atoms with Crippen molar-refractivity contribution >= 4 is 5.91 Å². The van der Waals surface area contributed by atoms with Gasteiger partial charge in [0.25, 0.3) is 11.8 Å². The van der Waals surface area contributed by atoms with Crippen molar-refractivity contribution in [3.63, 3.8) is 0 Å². The number of methoxy groups -OCH3 is 1. The molecule has 0 spiro atoms. The molecule has 1 aliphatic rings. The maximum absolute atomic E-state index is 13.2. The van der Waals surface area contributed by atoms with E-state index in [0.717, 1.165) is 30.7 Å². The second kappa shape index (κ2) is 7.84. The largest absolute Gasteiger partial charge is 0.497 e. The van der Waals surface area contributed by atoms with Gasteiger partial charge < -0.3 is 14.2 Å². The molecule has 3 aromatic rings. The molecule has 1 saturated heterocycles. The van der Waals surface area contributed by atoms with Gasteiger partial charge in [-0.15, -0.1) is 0 Å². The standard InChI is InChI=1S/C22H23N3O3/c1-15-8-5-6-13-25(15)22(26)19-12-4-3-11-18(19)21-23-20(24-28-21)16-9-7-10-17(14-16)27-2/h3-4,7,9-12,14-15H,5-6,8,13H2,1-2H3. The summed E-state index contributed by atoms with van der Waals surface area (Å²) in [6, 6.07) is 15.1. The van der Waals surface area contributed by atoms with Gasteiger partial charge in [0.2, 0.25) is 5.82 Å². The number of hydrogen-bond acceptors (Lipinski definition) is 5. The van der Waals surface area contributed by atoms with E-state index < -0.39 is 0 Å². The lowest BCUT2D eigenvalue weighted by Crippen LogP contribution is -2.42. The van der Waals surface area contributed by atoms with Crippen molar-refractivity contribution in [2.45, 2.75) is 32.2 Å². The third-order valence-electron chi connectivity index (χ3n) is 5.21. The fraction of sp³-hybridized carbons (Fsp3) is 0.318. The number of carbonyl (C=O) groups excluding carboxylic acids is 1. The summed E-state index contributed by atoms with van der Waals surface area (Å²) in [5, 5.41) is 4.10. The topological polar surface area (TPSA) is 68.5 Å². The van der Waals surface area contributed by atoms with E-state index >= 15 is 0 Å². The van der Waals surface area contributed by atoms with Crippen molar-refractivity contribution in [1.82, 2.24) is 15.0 Å². The van der Waals surface area contributed by atoms with Gasteiger partial charge in [0.15, 0.2) is 0 Å². The molecule has 2 aromatic carbocycles. The molecule has 6 heteroatoms. The summed E-state index contributed by atoms with van der Waals surface area (Å²) in [7, 11) is 1.62. The number of rotatable bonds is 4. The van der Waals surface area contributed by atoms with Crippen LogP contribution in [-0.4, -0.2) is 40.6 Å². The molecule has 4 rings (SSSR count). The predicted molar refractivity (Wildman–Crippen MR) is 106 cm³/mol. The number of nitrogens with zero attached hydrogens (tertiary/aromatic N) is 3. The summed E-state index contributed by atoms with van der Waals surface area (Å²) in [5.74, 6) is 1.54. The highest BCUT2D eigenvalue weighted by Crippen LogP contribution is 2.29. The SMILES string of the molecule is COc1cccc(-c2noc(-c3ccccc3C(=O)N3CCCCC3C)n2)c1. The Bertz CT molecular complexity index is 982. The summed E-state index contributed by atoms with van der Waals surface area (Å²) >= 11 is 0. The molecule has 144 valence electrons. The second-order valence-corrected chi connectivity index (χ2v) is 7.04. The van der Waals surface area contributed by atoms with E-state index in [-0.39, 0.29) is 11.9 Å². The number of aromatic nitrogens is 2. The quantitative estimate of drug-likeness (QED) is 0.673. The summed E-state index contributed by atoms with van der Waals surface area (Å²) < 4.78 is 10.8. The van der Waals surface area contributed by atoms with Crippen LogP contribution in [0.1, 0.15) is 36.5 Å². The number of piperidine rings is 1. The number of ether oxygens (including phenoxy) is 1. The highest BCUT2D eigenvalue weighted by molar-refractivity contribution is 6.00. The van der Waals surface area contributed by atoms with Gasteiger partial charge in [-0.1, -0.05) is 29.4 Å². The molecule has 1 unspecified atom stereocenters. The van der Waals surface area contributed by atoms with Gasteiger partial charge in [0.1, 0.15) is 5.75 Å². The number of hydrogen-bond donors (Lipinski definition) is 0. The van der Waals surface area contributed by atoms with Crippen molar-refractivity contribution in [1.29, 1.82) is 0 Å². The zero-order valence-electron chi connectivity index (χ0n) is 16.1. The average Bonchev–Trinajstić information content (AvgIpc) is 3.24. The maximum atomic E-state index is 13.2. The highest BCUT2D eigenvalue weighted by Gasteiger charge is 2.27. The Kier molecular flexibility index (Phi) is 5.10. The van der Waals surface area contributed by atoms with Crippen molar-refractivity contribution in [2.24, 2.45) is 0 Å². The molecule has 6 nitrogen and oxygen atoms in total. The first-order valence-electron chi connectivity index (χ1n) is 9.56. The van der Waals surface area contributed by atoms with E-state index in [9.17, 15) is 4.79 Å². The Labute approximate surface area is 164 Å². The molecule has 1 aromatic heterocycles. The summed E-state index contributed by atoms with van der Waals surface area (Å²) in [6.07, 6.45) is 3.24. The third kappa shape index (κ3) is 3.50. The van der Waals surface area contributed by atoms with Crippen LogP contribution in [0.3, 0.4) is 0 Å². The van der Waals surface area contributed by atoms with E-state index in [2.05, 4.69) is 17.1 Å². The Morgan fingerprint density at radius 3 is 2.86 bits per heavy atom. The summed E-state index contributed by atoms with van der Waals surface area (Å²) in [5.41, 5.74) is 2.05. The number of likely N-dealkylation sites (tertiary alicyclic amines) is 1. The van der Waals surface area contributed by atoms with Gasteiger partial charge in [0.05, 0.1) is 18.2 Å².